The van der Waals surface area contributed by atoms with Crippen molar-refractivity contribution in [3.8, 4) is 5.75 Å². The van der Waals surface area contributed by atoms with Crippen LogP contribution in [0.3, 0.4) is 0 Å². The number of ketones is 1. The van der Waals surface area contributed by atoms with E-state index in [0.717, 1.165) is 36.7 Å². The standard InChI is InChI=1S/C16H20O2/c17-15(7-5-12-3-1-2-4-12)13-6-8-16-14(11-13)9-10-18-16/h6,8,11-12H,1-5,7,9-10H2. The van der Waals surface area contributed by atoms with E-state index in [-0.39, 0.29) is 0 Å². The van der Waals surface area contributed by atoms with Crippen molar-refractivity contribution in [1.29, 1.82) is 0 Å². The van der Waals surface area contributed by atoms with Gasteiger partial charge in [-0.3, -0.25) is 4.79 Å². The maximum Gasteiger partial charge on any atom is 0.162 e. The molecule has 96 valence electrons. The van der Waals surface area contributed by atoms with Crippen LogP contribution in [-0.2, 0) is 6.42 Å². The Hall–Kier alpha value is -1.31. The van der Waals surface area contributed by atoms with Gasteiger partial charge >= 0.3 is 0 Å². The van der Waals surface area contributed by atoms with E-state index < -0.39 is 0 Å². The first-order valence-electron chi connectivity index (χ1n) is 7.12. The summed E-state index contributed by atoms with van der Waals surface area (Å²) in [7, 11) is 0. The Labute approximate surface area is 108 Å². The lowest BCUT2D eigenvalue weighted by molar-refractivity contribution is 0.0974. The lowest BCUT2D eigenvalue weighted by atomic mass is 9.96. The van der Waals surface area contributed by atoms with Crippen molar-refractivity contribution < 1.29 is 9.53 Å². The molecule has 2 nitrogen and oxygen atoms in total. The first-order valence-corrected chi connectivity index (χ1v) is 7.12. The summed E-state index contributed by atoms with van der Waals surface area (Å²) in [5.74, 6) is 2.06. The SMILES string of the molecule is O=C(CCC1CCCC1)c1ccc2c(c1)CCO2. The minimum atomic E-state index is 0.302. The molecule has 1 aromatic carbocycles. The van der Waals surface area contributed by atoms with E-state index in [1.807, 2.05) is 18.2 Å². The molecule has 0 atom stereocenters. The quantitative estimate of drug-likeness (QED) is 0.753. The van der Waals surface area contributed by atoms with E-state index in [1.165, 1.54) is 31.2 Å². The summed E-state index contributed by atoms with van der Waals surface area (Å²) in [6.45, 7) is 0.759. The number of Topliss-reactive ketones (excluding diaryl/α,β-unsaturated/α-hetero) is 1. The van der Waals surface area contributed by atoms with Crippen molar-refractivity contribution in [2.45, 2.75) is 44.9 Å². The summed E-state index contributed by atoms with van der Waals surface area (Å²) >= 11 is 0. The van der Waals surface area contributed by atoms with Gasteiger partial charge in [0.15, 0.2) is 5.78 Å². The zero-order valence-electron chi connectivity index (χ0n) is 10.8. The minimum Gasteiger partial charge on any atom is -0.493 e. The lowest BCUT2D eigenvalue weighted by Gasteiger charge is -2.08. The second-order valence-corrected chi connectivity index (χ2v) is 5.53. The van der Waals surface area contributed by atoms with Gasteiger partial charge in [0.2, 0.25) is 0 Å². The molecule has 0 amide bonds. The van der Waals surface area contributed by atoms with Crippen molar-refractivity contribution in [3.05, 3.63) is 29.3 Å². The fourth-order valence-corrected chi connectivity index (χ4v) is 3.14. The fourth-order valence-electron chi connectivity index (χ4n) is 3.14. The Bertz CT molecular complexity index is 444. The number of carbonyl (C=O) groups excluding carboxylic acids is 1. The highest BCUT2D eigenvalue weighted by atomic mass is 16.5. The van der Waals surface area contributed by atoms with Gasteiger partial charge < -0.3 is 4.74 Å². The molecule has 1 aliphatic heterocycles. The van der Waals surface area contributed by atoms with E-state index in [1.54, 1.807) is 0 Å². The van der Waals surface area contributed by atoms with Crippen molar-refractivity contribution in [1.82, 2.24) is 0 Å². The Kier molecular flexibility index (Phi) is 3.35. The minimum absolute atomic E-state index is 0.302. The van der Waals surface area contributed by atoms with E-state index in [9.17, 15) is 4.79 Å². The predicted octanol–water partition coefficient (Wildman–Crippen LogP) is 3.77. The summed E-state index contributed by atoms with van der Waals surface area (Å²) in [4.78, 5) is 12.2. The summed E-state index contributed by atoms with van der Waals surface area (Å²) in [6.07, 6.45) is 8.09. The average molecular weight is 244 g/mol. The number of hydrogen-bond acceptors (Lipinski definition) is 2. The Morgan fingerprint density at radius 3 is 2.94 bits per heavy atom. The number of ether oxygens (including phenoxy) is 1. The van der Waals surface area contributed by atoms with Crippen LogP contribution in [0.25, 0.3) is 0 Å². The molecular weight excluding hydrogens is 224 g/mol. The Morgan fingerprint density at radius 2 is 2.11 bits per heavy atom. The topological polar surface area (TPSA) is 26.3 Å². The normalized spacial score (nSPS) is 18.7. The fraction of sp³-hybridized carbons (Fsp3) is 0.562. The van der Waals surface area contributed by atoms with Gasteiger partial charge in [-0.15, -0.1) is 0 Å². The van der Waals surface area contributed by atoms with E-state index in [0.29, 0.717) is 12.2 Å². The van der Waals surface area contributed by atoms with Gasteiger partial charge in [-0.1, -0.05) is 25.7 Å². The van der Waals surface area contributed by atoms with E-state index in [4.69, 9.17) is 4.74 Å². The molecule has 1 aromatic rings. The zero-order chi connectivity index (χ0) is 12.4. The average Bonchev–Trinajstić information content (AvgIpc) is 3.05. The van der Waals surface area contributed by atoms with Crippen LogP contribution in [0.5, 0.6) is 5.75 Å². The molecule has 1 heterocycles. The molecule has 0 bridgehead atoms. The van der Waals surface area contributed by atoms with Crippen LogP contribution in [-0.4, -0.2) is 12.4 Å². The smallest absolute Gasteiger partial charge is 0.162 e. The molecular formula is C16H20O2. The number of fused-ring (bicyclic) bond motifs is 1. The first-order chi connectivity index (χ1) is 8.83. The Morgan fingerprint density at radius 1 is 1.28 bits per heavy atom. The number of benzene rings is 1. The highest BCUT2D eigenvalue weighted by molar-refractivity contribution is 5.96. The molecule has 0 unspecified atom stereocenters. The molecule has 3 rings (SSSR count). The van der Waals surface area contributed by atoms with Crippen LogP contribution in [0.2, 0.25) is 0 Å². The largest absolute Gasteiger partial charge is 0.493 e. The summed E-state index contributed by atoms with van der Waals surface area (Å²) in [6, 6.07) is 5.89. The van der Waals surface area contributed by atoms with Crippen molar-refractivity contribution in [2.75, 3.05) is 6.61 Å². The third-order valence-electron chi connectivity index (χ3n) is 4.27. The molecule has 2 aliphatic rings. The summed E-state index contributed by atoms with van der Waals surface area (Å²) in [5.41, 5.74) is 2.07. The Balaban J connectivity index is 1.61. The highest BCUT2D eigenvalue weighted by Crippen LogP contribution is 2.30. The van der Waals surface area contributed by atoms with Gasteiger partial charge in [0.25, 0.3) is 0 Å². The van der Waals surface area contributed by atoms with Crippen LogP contribution >= 0.6 is 0 Å². The second-order valence-electron chi connectivity index (χ2n) is 5.53. The van der Waals surface area contributed by atoms with Crippen molar-refractivity contribution in [2.24, 2.45) is 5.92 Å². The van der Waals surface area contributed by atoms with Crippen LogP contribution in [0.15, 0.2) is 18.2 Å². The molecule has 18 heavy (non-hydrogen) atoms. The zero-order valence-corrected chi connectivity index (χ0v) is 10.8. The third kappa shape index (κ3) is 2.43. The van der Waals surface area contributed by atoms with Gasteiger partial charge in [-0.05, 0) is 36.1 Å². The second kappa shape index (κ2) is 5.13. The third-order valence-corrected chi connectivity index (χ3v) is 4.27. The molecule has 1 fully saturated rings. The number of hydrogen-bond donors (Lipinski definition) is 0. The van der Waals surface area contributed by atoms with Gasteiger partial charge in [-0.2, -0.15) is 0 Å². The van der Waals surface area contributed by atoms with Crippen LogP contribution in [0, 0.1) is 5.92 Å². The molecule has 0 saturated heterocycles. The number of rotatable bonds is 4. The molecule has 0 spiro atoms. The molecule has 0 N–H and O–H groups in total. The van der Waals surface area contributed by atoms with Gasteiger partial charge in [-0.25, -0.2) is 0 Å². The van der Waals surface area contributed by atoms with Gasteiger partial charge in [0, 0.05) is 18.4 Å². The van der Waals surface area contributed by atoms with Gasteiger partial charge in [0.05, 0.1) is 6.61 Å². The van der Waals surface area contributed by atoms with Crippen molar-refractivity contribution >= 4 is 5.78 Å². The summed E-state index contributed by atoms with van der Waals surface area (Å²) < 4.78 is 5.46. The van der Waals surface area contributed by atoms with Crippen LogP contribution < -0.4 is 4.74 Å². The molecule has 1 saturated carbocycles. The van der Waals surface area contributed by atoms with Crippen molar-refractivity contribution in [3.63, 3.8) is 0 Å². The molecule has 2 heteroatoms. The highest BCUT2D eigenvalue weighted by Gasteiger charge is 2.18. The number of carbonyl (C=O) groups is 1. The van der Waals surface area contributed by atoms with Crippen LogP contribution in [0.4, 0.5) is 0 Å². The van der Waals surface area contributed by atoms with E-state index in [2.05, 4.69) is 0 Å². The van der Waals surface area contributed by atoms with Crippen LogP contribution in [0.1, 0.15) is 54.4 Å². The molecule has 1 aliphatic carbocycles. The molecule has 0 radical (unpaired) electrons. The maximum atomic E-state index is 12.2. The maximum absolute atomic E-state index is 12.2. The lowest BCUT2D eigenvalue weighted by Crippen LogP contribution is -2.03. The van der Waals surface area contributed by atoms with E-state index >= 15 is 0 Å². The summed E-state index contributed by atoms with van der Waals surface area (Å²) in [5, 5.41) is 0. The molecule has 0 aromatic heterocycles. The first kappa shape index (κ1) is 11.8. The predicted molar refractivity (Wildman–Crippen MR) is 71.2 cm³/mol. The monoisotopic (exact) mass is 244 g/mol. The van der Waals surface area contributed by atoms with Gasteiger partial charge in [0.1, 0.15) is 5.75 Å².